The van der Waals surface area contributed by atoms with E-state index in [1.807, 2.05) is 22.6 Å². The first-order chi connectivity index (χ1) is 18.1. The quantitative estimate of drug-likeness (QED) is 0.160. The summed E-state index contributed by atoms with van der Waals surface area (Å²) in [7, 11) is 0. The van der Waals surface area contributed by atoms with E-state index in [1.54, 1.807) is 65.8 Å². The third-order valence-electron chi connectivity index (χ3n) is 4.67. The SMILES string of the molecule is C#CCC(C)(C)C(=O)OCC.CCOC(=O)C(C)(C)CC#Cc1nc(Cl)ccc1N.Nc1ccc(Cl)nc1I. The molecule has 0 fully saturated rings. The minimum atomic E-state index is -0.656. The maximum atomic E-state index is 11.7. The summed E-state index contributed by atoms with van der Waals surface area (Å²) >= 11 is 13.3. The molecule has 0 aromatic carbocycles. The summed E-state index contributed by atoms with van der Waals surface area (Å²) < 4.78 is 10.6. The molecule has 2 heterocycles. The second kappa shape index (κ2) is 17.8. The van der Waals surface area contributed by atoms with Crippen LogP contribution >= 0.6 is 45.8 Å². The van der Waals surface area contributed by atoms with Crippen LogP contribution in [0.15, 0.2) is 24.3 Å². The number of nitrogen functional groups attached to an aromatic ring is 2. The van der Waals surface area contributed by atoms with Crippen molar-refractivity contribution in [3.05, 3.63) is 44.0 Å². The topological polar surface area (TPSA) is 130 Å². The van der Waals surface area contributed by atoms with E-state index in [-0.39, 0.29) is 11.9 Å². The summed E-state index contributed by atoms with van der Waals surface area (Å²) in [4.78, 5) is 30.7. The lowest BCUT2D eigenvalue weighted by molar-refractivity contribution is -0.153. The van der Waals surface area contributed by atoms with Crippen LogP contribution < -0.4 is 11.5 Å². The lowest BCUT2D eigenvalue weighted by Crippen LogP contribution is -2.26. The van der Waals surface area contributed by atoms with E-state index in [9.17, 15) is 9.59 Å². The molecule has 0 spiro atoms. The molecule has 2 aromatic rings. The monoisotopic (exact) mass is 688 g/mol. The van der Waals surface area contributed by atoms with Gasteiger partial charge in [-0.25, -0.2) is 9.97 Å². The van der Waals surface area contributed by atoms with E-state index in [0.717, 1.165) is 3.70 Å². The first kappa shape index (κ1) is 36.3. The fourth-order valence-electron chi connectivity index (χ4n) is 2.37. The molecule has 2 aromatic heterocycles. The number of anilines is 2. The Balaban J connectivity index is 0.000000611. The average molecular weight is 689 g/mol. The van der Waals surface area contributed by atoms with Gasteiger partial charge in [-0.05, 0) is 94.3 Å². The Labute approximate surface area is 255 Å². The van der Waals surface area contributed by atoms with Crippen molar-refractivity contribution in [2.75, 3.05) is 24.7 Å². The van der Waals surface area contributed by atoms with Gasteiger partial charge in [0.25, 0.3) is 0 Å². The molecule has 0 saturated carbocycles. The largest absolute Gasteiger partial charge is 0.466 e. The van der Waals surface area contributed by atoms with Crippen LogP contribution in [0.2, 0.25) is 10.3 Å². The minimum absolute atomic E-state index is 0.224. The zero-order valence-corrected chi connectivity index (χ0v) is 26.7. The fourth-order valence-corrected chi connectivity index (χ4v) is 3.25. The van der Waals surface area contributed by atoms with E-state index in [2.05, 4.69) is 27.7 Å². The lowest BCUT2D eigenvalue weighted by atomic mass is 9.90. The maximum Gasteiger partial charge on any atom is 0.312 e. The highest BCUT2D eigenvalue weighted by Crippen LogP contribution is 2.22. The summed E-state index contributed by atoms with van der Waals surface area (Å²) in [5.41, 5.74) is 11.6. The number of aromatic nitrogens is 2. The van der Waals surface area contributed by atoms with Crippen LogP contribution in [0.25, 0.3) is 0 Å². The van der Waals surface area contributed by atoms with Crippen LogP contribution in [0.5, 0.6) is 0 Å². The number of pyridine rings is 2. The van der Waals surface area contributed by atoms with Gasteiger partial charge in [-0.15, -0.1) is 12.3 Å². The van der Waals surface area contributed by atoms with E-state index >= 15 is 0 Å². The zero-order chi connectivity index (χ0) is 30.2. The van der Waals surface area contributed by atoms with E-state index in [0.29, 0.717) is 53.4 Å². The molecule has 39 heavy (non-hydrogen) atoms. The highest BCUT2D eigenvalue weighted by atomic mass is 127. The van der Waals surface area contributed by atoms with Crippen molar-refractivity contribution in [3.8, 4) is 24.2 Å². The number of hydrogen-bond donors (Lipinski definition) is 2. The van der Waals surface area contributed by atoms with Crippen molar-refractivity contribution in [1.82, 2.24) is 9.97 Å². The fraction of sp³-hybridized carbons (Fsp3) is 0.429. The molecule has 0 aliphatic heterocycles. The van der Waals surface area contributed by atoms with Gasteiger partial charge in [-0.1, -0.05) is 29.1 Å². The van der Waals surface area contributed by atoms with Gasteiger partial charge < -0.3 is 20.9 Å². The van der Waals surface area contributed by atoms with Gasteiger partial charge >= 0.3 is 11.9 Å². The summed E-state index contributed by atoms with van der Waals surface area (Å²) in [6, 6.07) is 6.65. The van der Waals surface area contributed by atoms with Crippen LogP contribution in [0.3, 0.4) is 0 Å². The van der Waals surface area contributed by atoms with E-state index < -0.39 is 10.8 Å². The molecule has 0 aliphatic rings. The number of rotatable bonds is 6. The molecule has 8 nitrogen and oxygen atoms in total. The molecule has 4 N–H and O–H groups in total. The smallest absolute Gasteiger partial charge is 0.312 e. The van der Waals surface area contributed by atoms with Crippen molar-refractivity contribution in [3.63, 3.8) is 0 Å². The molecule has 0 atom stereocenters. The number of esters is 2. The van der Waals surface area contributed by atoms with Gasteiger partial charge in [-0.3, -0.25) is 9.59 Å². The van der Waals surface area contributed by atoms with Crippen LogP contribution in [0.1, 0.15) is 60.1 Å². The molecule has 2 rings (SSSR count). The van der Waals surface area contributed by atoms with E-state index in [4.69, 9.17) is 50.6 Å². The molecule has 0 amide bonds. The highest BCUT2D eigenvalue weighted by molar-refractivity contribution is 14.1. The standard InChI is InChI=1S/C14H17ClN2O2.C9H14O2.C5H4ClIN2/c1-4-19-13(18)14(2,3)9-5-6-11-10(16)7-8-12(15)17-11;1-5-7-9(3,4)8(10)11-6-2;6-4-2-1-3(8)5(7)9-4/h7-8H,4,9,16H2,1-3H3;1H,6-7H2,2-4H3;1-2H,8H2. The Hall–Kier alpha value is -2.73. The van der Waals surface area contributed by atoms with Gasteiger partial charge in [-0.2, -0.15) is 0 Å². The summed E-state index contributed by atoms with van der Waals surface area (Å²) in [6.45, 7) is 11.5. The summed E-state index contributed by atoms with van der Waals surface area (Å²) in [6.07, 6.45) is 5.87. The zero-order valence-electron chi connectivity index (χ0n) is 23.0. The molecule has 212 valence electrons. The summed E-state index contributed by atoms with van der Waals surface area (Å²) in [5, 5.41) is 0.816. The molecule has 0 unspecified atom stereocenters. The number of nitrogens with zero attached hydrogens (tertiary/aromatic N) is 2. The van der Waals surface area contributed by atoms with E-state index in [1.165, 1.54) is 0 Å². The number of hydrogen-bond acceptors (Lipinski definition) is 8. The Morgan fingerprint density at radius 3 is 1.79 bits per heavy atom. The summed E-state index contributed by atoms with van der Waals surface area (Å²) in [5.74, 6) is 7.68. The molecule has 11 heteroatoms. The molecule has 0 radical (unpaired) electrons. The normalized spacial score (nSPS) is 10.3. The minimum Gasteiger partial charge on any atom is -0.466 e. The Morgan fingerprint density at radius 2 is 1.36 bits per heavy atom. The predicted molar refractivity (Wildman–Crippen MR) is 166 cm³/mol. The molecular weight excluding hydrogens is 654 g/mol. The number of ether oxygens (including phenoxy) is 2. The average Bonchev–Trinajstić information content (AvgIpc) is 2.85. The van der Waals surface area contributed by atoms with Gasteiger partial charge in [0.1, 0.15) is 19.7 Å². The third-order valence-corrected chi connectivity index (χ3v) is 5.96. The van der Waals surface area contributed by atoms with Crippen LogP contribution in [0, 0.1) is 38.7 Å². The van der Waals surface area contributed by atoms with Crippen molar-refractivity contribution in [1.29, 1.82) is 0 Å². The second-order valence-corrected chi connectivity index (χ2v) is 11.0. The highest BCUT2D eigenvalue weighted by Gasteiger charge is 2.28. The molecule has 0 bridgehead atoms. The Kier molecular flexibility index (Phi) is 16.5. The van der Waals surface area contributed by atoms with Gasteiger partial charge in [0.15, 0.2) is 0 Å². The molecular formula is C28H35Cl2IN4O4. The van der Waals surface area contributed by atoms with Crippen molar-refractivity contribution in [2.24, 2.45) is 10.8 Å². The number of carbonyl (C=O) groups excluding carboxylic acids is 2. The van der Waals surface area contributed by atoms with Crippen LogP contribution in [-0.2, 0) is 19.1 Å². The van der Waals surface area contributed by atoms with Crippen molar-refractivity contribution >= 4 is 69.1 Å². The first-order valence-corrected chi connectivity index (χ1v) is 13.7. The molecule has 0 saturated heterocycles. The number of carbonyl (C=O) groups is 2. The Bertz CT molecular complexity index is 1220. The van der Waals surface area contributed by atoms with Crippen molar-refractivity contribution in [2.45, 2.75) is 54.4 Å². The number of terminal acetylenes is 1. The number of nitrogens with two attached hydrogens (primary N) is 2. The van der Waals surface area contributed by atoms with Gasteiger partial charge in [0, 0.05) is 12.8 Å². The van der Waals surface area contributed by atoms with Gasteiger partial charge in [0.2, 0.25) is 0 Å². The van der Waals surface area contributed by atoms with Crippen molar-refractivity contribution < 1.29 is 19.1 Å². The maximum absolute atomic E-state index is 11.7. The van der Waals surface area contributed by atoms with Crippen LogP contribution in [-0.4, -0.2) is 35.1 Å². The van der Waals surface area contributed by atoms with Crippen LogP contribution in [0.4, 0.5) is 11.4 Å². The predicted octanol–water partition coefficient (Wildman–Crippen LogP) is 6.17. The first-order valence-electron chi connectivity index (χ1n) is 11.9. The Morgan fingerprint density at radius 1 is 0.897 bits per heavy atom. The lowest BCUT2D eigenvalue weighted by Gasteiger charge is -2.18. The number of halogens is 3. The van der Waals surface area contributed by atoms with Gasteiger partial charge in [0.05, 0.1) is 35.4 Å². The second-order valence-electron chi connectivity index (χ2n) is 9.15. The molecule has 0 aliphatic carbocycles. The third kappa shape index (κ3) is 14.3.